The second kappa shape index (κ2) is 11.0. The first-order chi connectivity index (χ1) is 13.7. The number of amides is 3. The molecule has 0 spiro atoms. The molecule has 2 saturated heterocycles. The summed E-state index contributed by atoms with van der Waals surface area (Å²) in [6.45, 7) is 6.85. The van der Waals surface area contributed by atoms with Crippen LogP contribution in [-0.4, -0.2) is 67.7 Å². The minimum Gasteiger partial charge on any atom is -0.379 e. The molecular formula is C21H32N4O3. The average molecular weight is 389 g/mol. The number of rotatable bonds is 7. The van der Waals surface area contributed by atoms with Gasteiger partial charge in [0.25, 0.3) is 0 Å². The van der Waals surface area contributed by atoms with Crippen LogP contribution in [0.4, 0.5) is 4.79 Å². The van der Waals surface area contributed by atoms with Crippen molar-refractivity contribution in [2.45, 2.75) is 38.8 Å². The van der Waals surface area contributed by atoms with Gasteiger partial charge in [0.15, 0.2) is 0 Å². The van der Waals surface area contributed by atoms with Crippen molar-refractivity contribution in [3.05, 3.63) is 35.4 Å². The number of likely N-dealkylation sites (tertiary alicyclic amines) is 1. The van der Waals surface area contributed by atoms with Crippen molar-refractivity contribution >= 4 is 11.9 Å². The predicted octanol–water partition coefficient (Wildman–Crippen LogP) is 1.72. The van der Waals surface area contributed by atoms with Gasteiger partial charge in [-0.05, 0) is 30.4 Å². The number of ether oxygens (including phenoxy) is 1. The summed E-state index contributed by atoms with van der Waals surface area (Å²) in [7, 11) is 0. The standard InChI is InChI=1S/C21H32N4O3/c26-20(25-10-4-1-5-11-25)8-9-22-21(27)23-16-18-6-2-3-7-19(18)17-24-12-14-28-15-13-24/h2-3,6-7H,1,4-5,8-17H2,(H2,22,23,27). The van der Waals surface area contributed by atoms with Crippen LogP contribution in [0.2, 0.25) is 0 Å². The van der Waals surface area contributed by atoms with Gasteiger partial charge in [0, 0.05) is 52.2 Å². The Kier molecular flexibility index (Phi) is 8.11. The summed E-state index contributed by atoms with van der Waals surface area (Å²) in [5, 5.41) is 5.71. The quantitative estimate of drug-likeness (QED) is 0.746. The van der Waals surface area contributed by atoms with Gasteiger partial charge in [0.2, 0.25) is 5.91 Å². The number of hydrogen-bond donors (Lipinski definition) is 2. The molecule has 28 heavy (non-hydrogen) atoms. The first-order valence-corrected chi connectivity index (χ1v) is 10.4. The Morgan fingerprint density at radius 3 is 2.39 bits per heavy atom. The molecule has 0 unspecified atom stereocenters. The van der Waals surface area contributed by atoms with Crippen LogP contribution in [0.15, 0.2) is 24.3 Å². The number of nitrogens with one attached hydrogen (secondary N) is 2. The van der Waals surface area contributed by atoms with E-state index in [4.69, 9.17) is 4.74 Å². The van der Waals surface area contributed by atoms with Crippen molar-refractivity contribution in [2.75, 3.05) is 45.9 Å². The molecule has 7 nitrogen and oxygen atoms in total. The van der Waals surface area contributed by atoms with E-state index in [0.717, 1.165) is 64.3 Å². The van der Waals surface area contributed by atoms with Crippen molar-refractivity contribution in [3.63, 3.8) is 0 Å². The molecule has 2 heterocycles. The van der Waals surface area contributed by atoms with Crippen molar-refractivity contribution in [1.29, 1.82) is 0 Å². The van der Waals surface area contributed by atoms with E-state index in [1.165, 1.54) is 12.0 Å². The lowest BCUT2D eigenvalue weighted by Crippen LogP contribution is -2.40. The molecule has 3 amide bonds. The van der Waals surface area contributed by atoms with Crippen LogP contribution in [0.3, 0.4) is 0 Å². The van der Waals surface area contributed by atoms with Gasteiger partial charge in [-0.2, -0.15) is 0 Å². The highest BCUT2D eigenvalue weighted by Crippen LogP contribution is 2.13. The fourth-order valence-electron chi connectivity index (χ4n) is 3.71. The number of nitrogens with zero attached hydrogens (tertiary/aromatic N) is 2. The Morgan fingerprint density at radius 1 is 0.929 bits per heavy atom. The molecule has 0 radical (unpaired) electrons. The number of hydrogen-bond acceptors (Lipinski definition) is 4. The number of morpholine rings is 1. The summed E-state index contributed by atoms with van der Waals surface area (Å²) in [6, 6.07) is 7.96. The summed E-state index contributed by atoms with van der Waals surface area (Å²) in [4.78, 5) is 28.5. The Bertz CT molecular complexity index is 640. The Balaban J connectivity index is 1.38. The number of carbonyl (C=O) groups is 2. The molecule has 154 valence electrons. The van der Waals surface area contributed by atoms with Crippen molar-refractivity contribution < 1.29 is 14.3 Å². The molecule has 0 aliphatic carbocycles. The van der Waals surface area contributed by atoms with Crippen LogP contribution in [0.1, 0.15) is 36.8 Å². The molecule has 0 aromatic heterocycles. The normalized spacial score (nSPS) is 17.9. The lowest BCUT2D eigenvalue weighted by atomic mass is 10.1. The van der Waals surface area contributed by atoms with E-state index in [2.05, 4.69) is 27.7 Å². The van der Waals surface area contributed by atoms with Crippen LogP contribution in [0, 0.1) is 0 Å². The summed E-state index contributed by atoms with van der Waals surface area (Å²) < 4.78 is 5.41. The van der Waals surface area contributed by atoms with Gasteiger partial charge in [-0.1, -0.05) is 24.3 Å². The third kappa shape index (κ3) is 6.49. The highest BCUT2D eigenvalue weighted by molar-refractivity contribution is 5.78. The molecule has 0 bridgehead atoms. The molecule has 1 aromatic rings. The van der Waals surface area contributed by atoms with Gasteiger partial charge in [-0.25, -0.2) is 4.79 Å². The smallest absolute Gasteiger partial charge is 0.315 e. The number of benzene rings is 1. The number of carbonyl (C=O) groups excluding carboxylic acids is 2. The predicted molar refractivity (Wildman–Crippen MR) is 108 cm³/mol. The van der Waals surface area contributed by atoms with Crippen LogP contribution in [-0.2, 0) is 22.6 Å². The van der Waals surface area contributed by atoms with Crippen molar-refractivity contribution in [1.82, 2.24) is 20.4 Å². The van der Waals surface area contributed by atoms with Gasteiger partial charge in [0.1, 0.15) is 0 Å². The molecule has 0 atom stereocenters. The monoisotopic (exact) mass is 388 g/mol. The summed E-state index contributed by atoms with van der Waals surface area (Å²) in [6.07, 6.45) is 3.74. The molecule has 0 saturated carbocycles. The topological polar surface area (TPSA) is 73.9 Å². The average Bonchev–Trinajstić information content (AvgIpc) is 2.74. The summed E-state index contributed by atoms with van der Waals surface area (Å²) >= 11 is 0. The number of urea groups is 1. The highest BCUT2D eigenvalue weighted by Gasteiger charge is 2.16. The zero-order valence-electron chi connectivity index (χ0n) is 16.6. The fraction of sp³-hybridized carbons (Fsp3) is 0.619. The molecule has 1 aromatic carbocycles. The summed E-state index contributed by atoms with van der Waals surface area (Å²) in [5.74, 6) is 0.135. The van der Waals surface area contributed by atoms with Gasteiger partial charge in [-0.15, -0.1) is 0 Å². The lowest BCUT2D eigenvalue weighted by Gasteiger charge is -2.27. The summed E-state index contributed by atoms with van der Waals surface area (Å²) in [5.41, 5.74) is 2.35. The largest absolute Gasteiger partial charge is 0.379 e. The van der Waals surface area contributed by atoms with Crippen LogP contribution in [0.25, 0.3) is 0 Å². The molecule has 2 aliphatic heterocycles. The van der Waals surface area contributed by atoms with Gasteiger partial charge < -0.3 is 20.3 Å². The van der Waals surface area contributed by atoms with Crippen molar-refractivity contribution in [3.8, 4) is 0 Å². The van der Waals surface area contributed by atoms with Gasteiger partial charge in [0.05, 0.1) is 13.2 Å². The zero-order valence-corrected chi connectivity index (χ0v) is 16.6. The van der Waals surface area contributed by atoms with E-state index in [-0.39, 0.29) is 11.9 Å². The Morgan fingerprint density at radius 2 is 1.64 bits per heavy atom. The fourth-order valence-corrected chi connectivity index (χ4v) is 3.71. The van der Waals surface area contributed by atoms with Crippen LogP contribution in [0.5, 0.6) is 0 Å². The van der Waals surface area contributed by atoms with E-state index in [0.29, 0.717) is 19.5 Å². The number of piperidine rings is 1. The SMILES string of the molecule is O=C(NCCC(=O)N1CCCCC1)NCc1ccccc1CN1CCOCC1. The molecule has 2 aliphatic rings. The van der Waals surface area contributed by atoms with E-state index in [1.54, 1.807) is 0 Å². The Labute approximate surface area is 167 Å². The minimum atomic E-state index is -0.229. The lowest BCUT2D eigenvalue weighted by molar-refractivity contribution is -0.131. The highest BCUT2D eigenvalue weighted by atomic mass is 16.5. The first kappa shape index (κ1) is 20.6. The second-order valence-corrected chi connectivity index (χ2v) is 7.46. The van der Waals surface area contributed by atoms with Gasteiger partial charge in [-0.3, -0.25) is 9.69 Å². The maximum Gasteiger partial charge on any atom is 0.315 e. The molecule has 3 rings (SSSR count). The van der Waals surface area contributed by atoms with E-state index in [1.807, 2.05) is 17.0 Å². The van der Waals surface area contributed by atoms with Gasteiger partial charge >= 0.3 is 6.03 Å². The molecule has 2 fully saturated rings. The molecule has 2 N–H and O–H groups in total. The zero-order chi connectivity index (χ0) is 19.6. The molecular weight excluding hydrogens is 356 g/mol. The van der Waals surface area contributed by atoms with Crippen LogP contribution < -0.4 is 10.6 Å². The third-order valence-electron chi connectivity index (χ3n) is 5.39. The third-order valence-corrected chi connectivity index (χ3v) is 5.39. The minimum absolute atomic E-state index is 0.135. The molecule has 7 heteroatoms. The van der Waals surface area contributed by atoms with E-state index in [9.17, 15) is 9.59 Å². The second-order valence-electron chi connectivity index (χ2n) is 7.46. The first-order valence-electron chi connectivity index (χ1n) is 10.4. The van der Waals surface area contributed by atoms with Crippen molar-refractivity contribution in [2.24, 2.45) is 0 Å². The van der Waals surface area contributed by atoms with Crippen LogP contribution >= 0.6 is 0 Å². The maximum atomic E-state index is 12.1. The van der Waals surface area contributed by atoms with E-state index < -0.39 is 0 Å². The Hall–Kier alpha value is -2.12. The van der Waals surface area contributed by atoms with E-state index >= 15 is 0 Å². The maximum absolute atomic E-state index is 12.1.